The van der Waals surface area contributed by atoms with Gasteiger partial charge in [0.25, 0.3) is 0 Å². The van der Waals surface area contributed by atoms with Gasteiger partial charge in [-0.1, -0.05) is 44.0 Å². The Hall–Kier alpha value is -0.820. The second kappa shape index (κ2) is 5.28. The van der Waals surface area contributed by atoms with Crippen molar-refractivity contribution < 1.29 is 13.2 Å². The maximum atomic E-state index is 11.8. The highest BCUT2D eigenvalue weighted by molar-refractivity contribution is 7.89. The van der Waals surface area contributed by atoms with E-state index in [1.807, 2.05) is 0 Å². The number of carbonyl (C=O) groups is 1. The molecule has 0 unspecified atom stereocenters. The fourth-order valence-corrected chi connectivity index (χ4v) is 2.41. The molecule has 0 aliphatic rings. The quantitative estimate of drug-likeness (QED) is 0.876. The molecule has 0 aromatic heterocycles. The lowest BCUT2D eigenvalue weighted by molar-refractivity contribution is -0.123. The normalized spacial score (nSPS) is 12.3. The Kier molecular flexibility index (Phi) is 4.51. The summed E-state index contributed by atoms with van der Waals surface area (Å²) in [5.41, 5.74) is -0.471. The number of primary sulfonamides is 1. The van der Waals surface area contributed by atoms with Crippen LogP contribution in [-0.2, 0) is 14.8 Å². The van der Waals surface area contributed by atoms with Crippen molar-refractivity contribution in [2.75, 3.05) is 5.32 Å². The Morgan fingerprint density at radius 1 is 1.21 bits per heavy atom. The van der Waals surface area contributed by atoms with Crippen molar-refractivity contribution in [1.82, 2.24) is 0 Å². The molecule has 106 valence electrons. The molecular weight excluding hydrogens is 311 g/mol. The van der Waals surface area contributed by atoms with Crippen LogP contribution >= 0.6 is 23.2 Å². The summed E-state index contributed by atoms with van der Waals surface area (Å²) < 4.78 is 22.4. The summed E-state index contributed by atoms with van der Waals surface area (Å²) in [6.07, 6.45) is 0. The average Bonchev–Trinajstić information content (AvgIpc) is 2.19. The van der Waals surface area contributed by atoms with E-state index in [9.17, 15) is 13.2 Å². The van der Waals surface area contributed by atoms with Crippen LogP contribution in [0.15, 0.2) is 17.0 Å². The zero-order valence-electron chi connectivity index (χ0n) is 10.6. The molecule has 0 saturated carbocycles. The summed E-state index contributed by atoms with van der Waals surface area (Å²) in [5, 5.41) is 7.56. The van der Waals surface area contributed by atoms with E-state index in [0.717, 1.165) is 12.1 Å². The summed E-state index contributed by atoms with van der Waals surface area (Å²) >= 11 is 11.8. The molecule has 1 rings (SSSR count). The van der Waals surface area contributed by atoms with Gasteiger partial charge in [-0.25, -0.2) is 13.6 Å². The van der Waals surface area contributed by atoms with Gasteiger partial charge in [-0.15, -0.1) is 0 Å². The summed E-state index contributed by atoms with van der Waals surface area (Å²) in [4.78, 5) is 11.6. The van der Waals surface area contributed by atoms with Gasteiger partial charge in [0.1, 0.15) is 0 Å². The number of nitrogens with two attached hydrogens (primary N) is 1. The monoisotopic (exact) mass is 324 g/mol. The number of anilines is 1. The third kappa shape index (κ3) is 4.07. The van der Waals surface area contributed by atoms with Crippen LogP contribution in [0.2, 0.25) is 10.0 Å². The van der Waals surface area contributed by atoms with Crippen LogP contribution in [0.3, 0.4) is 0 Å². The minimum absolute atomic E-state index is 0.00845. The largest absolute Gasteiger partial charge is 0.323 e. The number of sulfonamides is 1. The molecule has 0 spiro atoms. The summed E-state index contributed by atoms with van der Waals surface area (Å²) in [6, 6.07) is 2.28. The van der Waals surface area contributed by atoms with Crippen molar-refractivity contribution in [3.63, 3.8) is 0 Å². The molecule has 0 fully saturated rings. The lowest BCUT2D eigenvalue weighted by Gasteiger charge is -2.19. The molecule has 0 aliphatic carbocycles. The van der Waals surface area contributed by atoms with E-state index in [4.69, 9.17) is 28.3 Å². The Morgan fingerprint density at radius 2 is 1.63 bits per heavy atom. The lowest BCUT2D eigenvalue weighted by Crippen LogP contribution is -2.28. The molecular formula is C11H14Cl2N2O3S. The Labute approximate surface area is 122 Å². The predicted octanol–water partition coefficient (Wildman–Crippen LogP) is 2.63. The van der Waals surface area contributed by atoms with Crippen LogP contribution in [0.25, 0.3) is 0 Å². The fraction of sp³-hybridized carbons (Fsp3) is 0.364. The molecule has 3 N–H and O–H groups in total. The number of nitrogens with one attached hydrogen (secondary N) is 1. The highest BCUT2D eigenvalue weighted by Gasteiger charge is 2.24. The van der Waals surface area contributed by atoms with Crippen molar-refractivity contribution in [2.24, 2.45) is 10.6 Å². The van der Waals surface area contributed by atoms with Gasteiger partial charge in [-0.3, -0.25) is 4.79 Å². The van der Waals surface area contributed by atoms with E-state index < -0.39 is 15.4 Å². The predicted molar refractivity (Wildman–Crippen MR) is 75.9 cm³/mol. The minimum Gasteiger partial charge on any atom is -0.323 e. The SMILES string of the molecule is CC(C)(C)C(=O)Nc1c(Cl)cc(S(N)(=O)=O)cc1Cl. The third-order valence-corrected chi connectivity index (χ3v) is 3.75. The number of hydrogen-bond donors (Lipinski definition) is 2. The molecule has 0 radical (unpaired) electrons. The van der Waals surface area contributed by atoms with E-state index in [1.54, 1.807) is 20.8 Å². The molecule has 19 heavy (non-hydrogen) atoms. The lowest BCUT2D eigenvalue weighted by atomic mass is 9.95. The van der Waals surface area contributed by atoms with Crippen molar-refractivity contribution in [2.45, 2.75) is 25.7 Å². The van der Waals surface area contributed by atoms with Gasteiger partial charge in [0, 0.05) is 5.41 Å². The maximum Gasteiger partial charge on any atom is 0.238 e. The Balaban J connectivity index is 3.23. The van der Waals surface area contributed by atoms with E-state index in [1.165, 1.54) is 0 Å². The number of carbonyl (C=O) groups excluding carboxylic acids is 1. The fourth-order valence-electron chi connectivity index (χ4n) is 1.13. The van der Waals surface area contributed by atoms with Gasteiger partial charge >= 0.3 is 0 Å². The van der Waals surface area contributed by atoms with Gasteiger partial charge < -0.3 is 5.32 Å². The van der Waals surface area contributed by atoms with Crippen LogP contribution in [0.4, 0.5) is 5.69 Å². The minimum atomic E-state index is -3.90. The van der Waals surface area contributed by atoms with Crippen LogP contribution in [0.5, 0.6) is 0 Å². The van der Waals surface area contributed by atoms with Gasteiger partial charge in [-0.05, 0) is 12.1 Å². The summed E-state index contributed by atoms with van der Waals surface area (Å²) in [6.45, 7) is 5.18. The maximum absolute atomic E-state index is 11.8. The first kappa shape index (κ1) is 16.2. The number of amides is 1. The molecule has 0 saturated heterocycles. The summed E-state index contributed by atoms with van der Waals surface area (Å²) in [5.74, 6) is -0.292. The molecule has 1 aromatic carbocycles. The number of rotatable bonds is 2. The van der Waals surface area contributed by atoms with Gasteiger partial charge in [0.2, 0.25) is 15.9 Å². The molecule has 0 bridgehead atoms. The smallest absolute Gasteiger partial charge is 0.238 e. The Bertz CT molecular complexity index is 598. The second-order valence-corrected chi connectivity index (χ2v) is 7.39. The highest BCUT2D eigenvalue weighted by Crippen LogP contribution is 2.34. The van der Waals surface area contributed by atoms with E-state index in [0.29, 0.717) is 0 Å². The standard InChI is InChI=1S/C11H14Cl2N2O3S/c1-11(2,3)10(16)15-9-7(12)4-6(5-8(9)13)19(14,17)18/h4-5H,1-3H3,(H,15,16)(H2,14,17,18). The van der Waals surface area contributed by atoms with Crippen molar-refractivity contribution in [1.29, 1.82) is 0 Å². The first-order valence-corrected chi connectivity index (χ1v) is 7.56. The van der Waals surface area contributed by atoms with Crippen molar-refractivity contribution >= 4 is 44.8 Å². The number of hydrogen-bond acceptors (Lipinski definition) is 3. The molecule has 0 heterocycles. The molecule has 5 nitrogen and oxygen atoms in total. The summed E-state index contributed by atoms with van der Waals surface area (Å²) in [7, 11) is -3.90. The van der Waals surface area contributed by atoms with E-state index in [2.05, 4.69) is 5.32 Å². The first-order chi connectivity index (χ1) is 8.43. The van der Waals surface area contributed by atoms with Crippen molar-refractivity contribution in [3.8, 4) is 0 Å². The third-order valence-electron chi connectivity index (χ3n) is 2.26. The molecule has 0 atom stereocenters. The van der Waals surface area contributed by atoms with Crippen LogP contribution in [0, 0.1) is 5.41 Å². The van der Waals surface area contributed by atoms with Crippen LogP contribution in [0.1, 0.15) is 20.8 Å². The molecule has 1 amide bonds. The zero-order chi connectivity index (χ0) is 15.0. The average molecular weight is 325 g/mol. The number of halogens is 2. The molecule has 0 aliphatic heterocycles. The van der Waals surface area contributed by atoms with Crippen molar-refractivity contribution in [3.05, 3.63) is 22.2 Å². The highest BCUT2D eigenvalue weighted by atomic mass is 35.5. The van der Waals surface area contributed by atoms with Gasteiger partial charge in [0.05, 0.1) is 20.6 Å². The first-order valence-electron chi connectivity index (χ1n) is 5.26. The Morgan fingerprint density at radius 3 is 1.95 bits per heavy atom. The molecule has 8 heteroatoms. The molecule has 1 aromatic rings. The van der Waals surface area contributed by atoms with Crippen LogP contribution < -0.4 is 10.5 Å². The van der Waals surface area contributed by atoms with Crippen LogP contribution in [-0.4, -0.2) is 14.3 Å². The van der Waals surface area contributed by atoms with E-state index in [-0.39, 0.29) is 26.5 Å². The second-order valence-electron chi connectivity index (χ2n) is 5.01. The topological polar surface area (TPSA) is 89.3 Å². The van der Waals surface area contributed by atoms with Gasteiger partial charge in [-0.2, -0.15) is 0 Å². The zero-order valence-corrected chi connectivity index (χ0v) is 12.9. The number of benzene rings is 1. The van der Waals surface area contributed by atoms with Gasteiger partial charge in [0.15, 0.2) is 0 Å². The van der Waals surface area contributed by atoms with E-state index >= 15 is 0 Å².